The summed E-state index contributed by atoms with van der Waals surface area (Å²) in [7, 11) is 0. The van der Waals surface area contributed by atoms with Gasteiger partial charge in [-0.3, -0.25) is 0 Å². The lowest BCUT2D eigenvalue weighted by Gasteiger charge is -2.40. The van der Waals surface area contributed by atoms with Crippen molar-refractivity contribution >= 4 is 22.5 Å². The Hall–Kier alpha value is -2.76. The third kappa shape index (κ3) is 2.32. The molecule has 0 atom stereocenters. The number of halogens is 1. The molecule has 0 bridgehead atoms. The van der Waals surface area contributed by atoms with Gasteiger partial charge in [0.05, 0.1) is 11.6 Å². The van der Waals surface area contributed by atoms with Crippen molar-refractivity contribution in [2.24, 2.45) is 0 Å². The van der Waals surface area contributed by atoms with Crippen LogP contribution >= 0.6 is 0 Å². The fraction of sp³-hybridized carbons (Fsp3) is 0.188. The molecule has 4 rings (SSSR count). The maximum Gasteiger partial charge on any atom is 0.137 e. The highest BCUT2D eigenvalue weighted by molar-refractivity contribution is 5.89. The molecule has 0 unspecified atom stereocenters. The molecule has 2 aromatic heterocycles. The van der Waals surface area contributed by atoms with Crippen LogP contribution in [0.25, 0.3) is 10.9 Å². The summed E-state index contributed by atoms with van der Waals surface area (Å²) in [6.45, 7) is 1.69. The number of rotatable bonds is 3. The Kier molecular flexibility index (Phi) is 3.07. The van der Waals surface area contributed by atoms with Crippen LogP contribution in [0.1, 0.15) is 0 Å². The number of fused-ring (bicyclic) bond motifs is 1. The minimum atomic E-state index is -0.283. The van der Waals surface area contributed by atoms with E-state index < -0.39 is 0 Å². The molecule has 6 heteroatoms. The van der Waals surface area contributed by atoms with Crippen molar-refractivity contribution in [1.82, 2.24) is 15.0 Å². The number of hydrogen-bond acceptors (Lipinski definition) is 5. The van der Waals surface area contributed by atoms with Gasteiger partial charge in [0.25, 0.3) is 0 Å². The number of aromatic nitrogens is 3. The van der Waals surface area contributed by atoms with E-state index in [0.717, 1.165) is 24.4 Å². The van der Waals surface area contributed by atoms with Crippen LogP contribution in [-0.2, 0) is 0 Å². The number of benzene rings is 1. The molecular weight excluding hydrogens is 281 g/mol. The molecule has 110 valence electrons. The molecular formula is C16H14FN5. The minimum Gasteiger partial charge on any atom is -0.363 e. The first-order valence-electron chi connectivity index (χ1n) is 7.12. The molecule has 0 saturated carbocycles. The number of hydrogen-bond donors (Lipinski definition) is 1. The standard InChI is InChI=1S/C16H14FN5/c17-11-4-5-14-13(7-11)16(20-10-19-14)21-12-8-22(9-12)15-3-1-2-6-18-15/h1-7,10,12H,8-9H2,(H,19,20,21). The first-order chi connectivity index (χ1) is 10.8. The Morgan fingerprint density at radius 2 is 2.00 bits per heavy atom. The average Bonchev–Trinajstić information content (AvgIpc) is 2.51. The molecule has 0 aliphatic carbocycles. The van der Waals surface area contributed by atoms with E-state index in [1.54, 1.807) is 12.3 Å². The van der Waals surface area contributed by atoms with E-state index in [2.05, 4.69) is 25.2 Å². The van der Waals surface area contributed by atoms with Gasteiger partial charge in [0.15, 0.2) is 0 Å². The van der Waals surface area contributed by atoms with Crippen molar-refractivity contribution in [1.29, 1.82) is 0 Å². The summed E-state index contributed by atoms with van der Waals surface area (Å²) in [6, 6.07) is 10.7. The molecule has 3 aromatic rings. The molecule has 1 aromatic carbocycles. The Morgan fingerprint density at radius 3 is 2.82 bits per heavy atom. The van der Waals surface area contributed by atoms with Gasteiger partial charge in [-0.15, -0.1) is 0 Å². The summed E-state index contributed by atoms with van der Waals surface area (Å²) in [5.41, 5.74) is 0.736. The van der Waals surface area contributed by atoms with Gasteiger partial charge in [0.2, 0.25) is 0 Å². The summed E-state index contributed by atoms with van der Waals surface area (Å²) in [5.74, 6) is 1.36. The van der Waals surface area contributed by atoms with Crippen molar-refractivity contribution in [2.75, 3.05) is 23.3 Å². The van der Waals surface area contributed by atoms with Crippen LogP contribution in [-0.4, -0.2) is 34.1 Å². The zero-order valence-electron chi connectivity index (χ0n) is 11.8. The second-order valence-corrected chi connectivity index (χ2v) is 5.32. The largest absolute Gasteiger partial charge is 0.363 e. The molecule has 1 fully saturated rings. The Balaban J connectivity index is 1.50. The maximum atomic E-state index is 13.4. The monoisotopic (exact) mass is 295 g/mol. The Morgan fingerprint density at radius 1 is 1.09 bits per heavy atom. The van der Waals surface area contributed by atoms with E-state index in [0.29, 0.717) is 11.2 Å². The van der Waals surface area contributed by atoms with E-state index in [1.807, 2.05) is 18.2 Å². The van der Waals surface area contributed by atoms with Gasteiger partial charge in [-0.05, 0) is 30.3 Å². The van der Waals surface area contributed by atoms with Crippen LogP contribution in [0.3, 0.4) is 0 Å². The SMILES string of the molecule is Fc1ccc2ncnc(NC3CN(c4ccccn4)C3)c2c1. The van der Waals surface area contributed by atoms with Crippen molar-refractivity contribution < 1.29 is 4.39 Å². The summed E-state index contributed by atoms with van der Waals surface area (Å²) < 4.78 is 13.4. The molecule has 1 aliphatic rings. The van der Waals surface area contributed by atoms with Crippen molar-refractivity contribution in [3.63, 3.8) is 0 Å². The minimum absolute atomic E-state index is 0.267. The molecule has 1 aliphatic heterocycles. The molecule has 5 nitrogen and oxygen atoms in total. The van der Waals surface area contributed by atoms with Crippen LogP contribution in [0.5, 0.6) is 0 Å². The molecule has 0 spiro atoms. The van der Waals surface area contributed by atoms with Crippen LogP contribution in [0, 0.1) is 5.82 Å². The lowest BCUT2D eigenvalue weighted by molar-refractivity contribution is 0.544. The normalized spacial score (nSPS) is 14.9. The molecule has 0 radical (unpaired) electrons. The van der Waals surface area contributed by atoms with Crippen LogP contribution < -0.4 is 10.2 Å². The Labute approximate surface area is 126 Å². The number of pyridine rings is 1. The summed E-state index contributed by atoms with van der Waals surface area (Å²) in [6.07, 6.45) is 3.29. The fourth-order valence-electron chi connectivity index (χ4n) is 2.63. The first kappa shape index (κ1) is 12.9. The van der Waals surface area contributed by atoms with Gasteiger partial charge >= 0.3 is 0 Å². The third-order valence-corrected chi connectivity index (χ3v) is 3.79. The smallest absolute Gasteiger partial charge is 0.137 e. The highest BCUT2D eigenvalue weighted by Crippen LogP contribution is 2.24. The number of nitrogens with zero attached hydrogens (tertiary/aromatic N) is 4. The predicted molar refractivity (Wildman–Crippen MR) is 83.4 cm³/mol. The lowest BCUT2D eigenvalue weighted by Crippen LogP contribution is -2.55. The van der Waals surface area contributed by atoms with E-state index >= 15 is 0 Å². The number of anilines is 2. The Bertz CT molecular complexity index is 802. The maximum absolute atomic E-state index is 13.4. The van der Waals surface area contributed by atoms with Crippen LogP contribution in [0.2, 0.25) is 0 Å². The zero-order chi connectivity index (χ0) is 14.9. The highest BCUT2D eigenvalue weighted by atomic mass is 19.1. The van der Waals surface area contributed by atoms with Gasteiger partial charge < -0.3 is 10.2 Å². The lowest BCUT2D eigenvalue weighted by atomic mass is 10.1. The average molecular weight is 295 g/mol. The van der Waals surface area contributed by atoms with Crippen LogP contribution in [0.4, 0.5) is 16.0 Å². The van der Waals surface area contributed by atoms with E-state index in [4.69, 9.17) is 0 Å². The molecule has 0 amide bonds. The second-order valence-electron chi connectivity index (χ2n) is 5.32. The second kappa shape index (κ2) is 5.22. The van der Waals surface area contributed by atoms with Crippen molar-refractivity contribution in [3.05, 3.63) is 54.7 Å². The summed E-state index contributed by atoms with van der Waals surface area (Å²) in [5, 5.41) is 4.07. The topological polar surface area (TPSA) is 53.9 Å². The van der Waals surface area contributed by atoms with E-state index in [9.17, 15) is 4.39 Å². The molecule has 1 N–H and O–H groups in total. The highest BCUT2D eigenvalue weighted by Gasteiger charge is 2.28. The van der Waals surface area contributed by atoms with Gasteiger partial charge in [0, 0.05) is 24.7 Å². The van der Waals surface area contributed by atoms with Crippen molar-refractivity contribution in [2.45, 2.75) is 6.04 Å². The molecule has 1 saturated heterocycles. The van der Waals surface area contributed by atoms with Gasteiger partial charge in [-0.25, -0.2) is 19.3 Å². The van der Waals surface area contributed by atoms with E-state index in [-0.39, 0.29) is 11.9 Å². The van der Waals surface area contributed by atoms with Crippen molar-refractivity contribution in [3.8, 4) is 0 Å². The van der Waals surface area contributed by atoms with Gasteiger partial charge in [0.1, 0.15) is 23.8 Å². The summed E-state index contributed by atoms with van der Waals surface area (Å²) in [4.78, 5) is 14.9. The predicted octanol–water partition coefficient (Wildman–Crippen LogP) is 2.46. The van der Waals surface area contributed by atoms with Crippen LogP contribution in [0.15, 0.2) is 48.9 Å². The third-order valence-electron chi connectivity index (χ3n) is 3.79. The van der Waals surface area contributed by atoms with E-state index in [1.165, 1.54) is 18.5 Å². The summed E-state index contributed by atoms with van der Waals surface area (Å²) >= 11 is 0. The van der Waals surface area contributed by atoms with Gasteiger partial charge in [-0.1, -0.05) is 6.07 Å². The molecule has 3 heterocycles. The molecule has 22 heavy (non-hydrogen) atoms. The van der Waals surface area contributed by atoms with Gasteiger partial charge in [-0.2, -0.15) is 0 Å². The number of nitrogens with one attached hydrogen (secondary N) is 1. The fourth-order valence-corrected chi connectivity index (χ4v) is 2.63. The quantitative estimate of drug-likeness (QED) is 0.804. The first-order valence-corrected chi connectivity index (χ1v) is 7.12. The zero-order valence-corrected chi connectivity index (χ0v) is 11.8.